The van der Waals surface area contributed by atoms with E-state index < -0.39 is 53.7 Å². The number of phosphoric acid groups is 3. The molecule has 0 radical (unpaired) electrons. The van der Waals surface area contributed by atoms with Crippen molar-refractivity contribution in [3.05, 3.63) is 32.9 Å². The molecule has 0 aromatic heterocycles. The minimum atomic E-state index is -5.39. The van der Waals surface area contributed by atoms with Crippen LogP contribution in [-0.4, -0.2) is 46.5 Å². The standard InChI is InChI=1S/C15H19Cl2N3O3.3H3O4P/c1-6(2)18-15(14-13(22)12(21)7(3)23-14)19-10-4-8(16)9(17)5-11(10)20-15;3*1-5(2,3)4/h4-7,12-14,18,21-22H,1-3H3;3*(H3,1,2,3,4)/p-9. The Hall–Kier alpha value is -0.430. The Kier molecular flexibility index (Phi) is 14.3. The maximum atomic E-state index is 10.4. The van der Waals surface area contributed by atoms with Gasteiger partial charge in [-0.3, -0.25) is 5.32 Å². The number of fused-ring (bicyclic) bond motifs is 1. The number of hydrogen-bond acceptors (Lipinski definition) is 18. The maximum absolute atomic E-state index is 10.4. The fourth-order valence-corrected chi connectivity index (χ4v) is 3.29. The first-order chi connectivity index (χ1) is 16.7. The molecule has 0 bridgehead atoms. The molecule has 4 atom stereocenters. The molecule has 222 valence electrons. The highest BCUT2D eigenvalue weighted by atomic mass is 35.5. The monoisotopic (exact) mass is 644 g/mol. The third-order valence-corrected chi connectivity index (χ3v) is 4.72. The average molecular weight is 645 g/mol. The summed E-state index contributed by atoms with van der Waals surface area (Å²) in [4.78, 5) is 86.2. The highest BCUT2D eigenvalue weighted by Crippen LogP contribution is 2.32. The molecule has 3 rings (SSSR count). The Morgan fingerprint density at radius 2 is 1.16 bits per heavy atom. The van der Waals surface area contributed by atoms with Crippen LogP contribution < -0.4 is 60.1 Å². The Labute approximate surface area is 224 Å². The molecule has 3 N–H and O–H groups in total. The van der Waals surface area contributed by atoms with Crippen LogP contribution >= 0.6 is 46.7 Å². The molecule has 18 nitrogen and oxygen atoms in total. The highest BCUT2D eigenvalue weighted by Gasteiger charge is 2.53. The van der Waals surface area contributed by atoms with Gasteiger partial charge in [-0.1, -0.05) is 23.2 Å². The molecule has 0 saturated carbocycles. The molecule has 1 aromatic rings. The number of ether oxygens (including phenoxy) is 1. The zero-order valence-corrected chi connectivity index (χ0v) is 23.4. The predicted octanol–water partition coefficient (Wildman–Crippen LogP) is -8.07. The van der Waals surface area contributed by atoms with Crippen LogP contribution in [0.15, 0.2) is 22.1 Å². The van der Waals surface area contributed by atoms with E-state index in [2.05, 4.69) is 15.3 Å². The summed E-state index contributed by atoms with van der Waals surface area (Å²) in [6, 6.07) is 3.29. The van der Waals surface area contributed by atoms with Gasteiger partial charge in [0.2, 0.25) is 5.79 Å². The zero-order chi connectivity index (χ0) is 30.4. The van der Waals surface area contributed by atoms with Crippen molar-refractivity contribution in [1.29, 1.82) is 0 Å². The van der Waals surface area contributed by atoms with Gasteiger partial charge in [0.15, 0.2) is 0 Å². The molecule has 0 aliphatic carbocycles. The predicted molar refractivity (Wildman–Crippen MR) is 109 cm³/mol. The fourth-order valence-electron chi connectivity index (χ4n) is 2.98. The van der Waals surface area contributed by atoms with Gasteiger partial charge in [-0.15, -0.1) is 0 Å². The van der Waals surface area contributed by atoms with Crippen molar-refractivity contribution in [3.63, 3.8) is 0 Å². The number of halogens is 2. The summed E-state index contributed by atoms with van der Waals surface area (Å²) < 4.78 is 31.4. The number of aliphatic hydroxyl groups excluding tert-OH is 2. The summed E-state index contributed by atoms with van der Waals surface area (Å²) >= 11 is 12.1. The van der Waals surface area contributed by atoms with Gasteiger partial charge in [-0.05, 0) is 32.9 Å². The third kappa shape index (κ3) is 15.4. The highest BCUT2D eigenvalue weighted by molar-refractivity contribution is 7.40. The summed E-state index contributed by atoms with van der Waals surface area (Å²) in [5.74, 6) is -1.23. The summed E-state index contributed by atoms with van der Waals surface area (Å²) in [7, 11) is -16.2. The van der Waals surface area contributed by atoms with Crippen LogP contribution in [0, 0.1) is 0 Å². The van der Waals surface area contributed by atoms with Crippen molar-refractivity contribution in [2.75, 3.05) is 0 Å². The van der Waals surface area contributed by atoms with Gasteiger partial charge in [-0.25, -0.2) is 9.98 Å². The van der Waals surface area contributed by atoms with Crippen molar-refractivity contribution >= 4 is 46.7 Å². The van der Waals surface area contributed by atoms with E-state index in [9.17, 15) is 10.2 Å². The second-order valence-electron chi connectivity index (χ2n) is 7.59. The SMILES string of the molecule is CC(C)NC1(C2OC(C)C(O)C2O)N=c2cc(Cl)c(Cl)cc2=N1.O=P([O-])([O-])[O-].O=P([O-])([O-])[O-].O=P([O-])([O-])[O-]. The number of benzene rings is 1. The normalized spacial score (nSPS) is 23.9. The van der Waals surface area contributed by atoms with Gasteiger partial charge < -0.3 is 72.7 Å². The quantitative estimate of drug-likeness (QED) is 0.257. The van der Waals surface area contributed by atoms with E-state index in [1.807, 2.05) is 13.8 Å². The number of nitrogens with one attached hydrogen (secondary N) is 1. The second kappa shape index (κ2) is 14.5. The molecule has 1 fully saturated rings. The van der Waals surface area contributed by atoms with Gasteiger partial charge in [0, 0.05) is 6.04 Å². The average Bonchev–Trinajstić information content (AvgIpc) is 3.10. The van der Waals surface area contributed by atoms with Crippen LogP contribution in [0.4, 0.5) is 0 Å². The Balaban J connectivity index is 0.000000751. The minimum absolute atomic E-state index is 0.0200. The van der Waals surface area contributed by atoms with E-state index in [0.717, 1.165) is 0 Å². The first-order valence-corrected chi connectivity index (χ1v) is 14.8. The van der Waals surface area contributed by atoms with Gasteiger partial charge in [0.1, 0.15) is 18.3 Å². The molecule has 23 heteroatoms. The molecule has 0 amide bonds. The Morgan fingerprint density at radius 3 is 1.39 bits per heavy atom. The zero-order valence-electron chi connectivity index (χ0n) is 19.2. The van der Waals surface area contributed by atoms with Crippen LogP contribution in [0.2, 0.25) is 10.0 Å². The fraction of sp³-hybridized carbons (Fsp3) is 0.600. The molecule has 2 aliphatic rings. The van der Waals surface area contributed by atoms with E-state index in [-0.39, 0.29) is 6.04 Å². The van der Waals surface area contributed by atoms with Crippen LogP contribution in [0.3, 0.4) is 0 Å². The first kappa shape index (κ1) is 37.6. The van der Waals surface area contributed by atoms with Crippen LogP contribution in [0.25, 0.3) is 0 Å². The second-order valence-corrected chi connectivity index (χ2v) is 11.1. The van der Waals surface area contributed by atoms with E-state index >= 15 is 0 Å². The van der Waals surface area contributed by atoms with Crippen molar-refractivity contribution < 1.29 is 72.7 Å². The van der Waals surface area contributed by atoms with Gasteiger partial charge in [-0.2, -0.15) is 23.5 Å². The molecule has 0 spiro atoms. The van der Waals surface area contributed by atoms with Crippen molar-refractivity contribution in [2.45, 2.75) is 57.0 Å². The van der Waals surface area contributed by atoms with Crippen molar-refractivity contribution in [1.82, 2.24) is 5.32 Å². The molecular weight excluding hydrogens is 626 g/mol. The molecule has 38 heavy (non-hydrogen) atoms. The van der Waals surface area contributed by atoms with Crippen LogP contribution in [0.1, 0.15) is 20.8 Å². The summed E-state index contributed by atoms with van der Waals surface area (Å²) in [6.45, 7) is 5.58. The Morgan fingerprint density at radius 1 is 0.842 bits per heavy atom. The lowest BCUT2D eigenvalue weighted by Crippen LogP contribution is -2.58. The summed E-state index contributed by atoms with van der Waals surface area (Å²) in [5.41, 5.74) is 0. The van der Waals surface area contributed by atoms with Crippen molar-refractivity contribution in [3.8, 4) is 0 Å². The summed E-state index contributed by atoms with van der Waals surface area (Å²) in [5, 5.41) is 25.5. The van der Waals surface area contributed by atoms with E-state index in [1.165, 1.54) is 0 Å². The first-order valence-electron chi connectivity index (χ1n) is 9.67. The number of hydrogen-bond donors (Lipinski definition) is 3. The largest absolute Gasteiger partial charge is 0.822 e. The molecule has 1 saturated heterocycles. The van der Waals surface area contributed by atoms with Gasteiger partial charge in [0.05, 0.1) is 26.9 Å². The summed E-state index contributed by atoms with van der Waals surface area (Å²) in [6.07, 6.45) is -3.43. The molecule has 2 heterocycles. The molecule has 4 unspecified atom stereocenters. The maximum Gasteiger partial charge on any atom is 0.235 e. The van der Waals surface area contributed by atoms with Gasteiger partial charge >= 0.3 is 0 Å². The molecular formula is C15H19Cl2N3O15P3-9. The minimum Gasteiger partial charge on any atom is -0.822 e. The molecule has 2 aliphatic heterocycles. The van der Waals surface area contributed by atoms with Crippen LogP contribution in [-0.2, 0) is 18.4 Å². The van der Waals surface area contributed by atoms with Crippen molar-refractivity contribution in [2.24, 2.45) is 9.98 Å². The van der Waals surface area contributed by atoms with E-state index in [0.29, 0.717) is 20.8 Å². The van der Waals surface area contributed by atoms with Gasteiger partial charge in [0.25, 0.3) is 0 Å². The smallest absolute Gasteiger partial charge is 0.235 e. The van der Waals surface area contributed by atoms with Crippen LogP contribution in [0.5, 0.6) is 0 Å². The lowest BCUT2D eigenvalue weighted by Gasteiger charge is -2.36. The Bertz CT molecular complexity index is 1090. The lowest BCUT2D eigenvalue weighted by molar-refractivity contribution is -0.434. The third-order valence-electron chi connectivity index (χ3n) is 4.00. The topological polar surface area (TPSA) is 345 Å². The number of rotatable bonds is 3. The lowest BCUT2D eigenvalue weighted by atomic mass is 10.0. The molecule has 1 aromatic carbocycles. The number of nitrogens with zero attached hydrogens (tertiary/aromatic N) is 2. The van der Waals surface area contributed by atoms with E-state index in [1.54, 1.807) is 19.1 Å². The number of aliphatic hydroxyl groups is 2. The van der Waals surface area contributed by atoms with E-state index in [4.69, 9.17) is 85.7 Å².